The zero-order chi connectivity index (χ0) is 15.5. The van der Waals surface area contributed by atoms with Crippen LogP contribution in [-0.4, -0.2) is 36.1 Å². The Hall–Kier alpha value is -3.16. The van der Waals surface area contributed by atoms with E-state index >= 15 is 0 Å². The van der Waals surface area contributed by atoms with E-state index in [1.54, 1.807) is 30.1 Å². The monoisotopic (exact) mass is 295 g/mol. The molecule has 22 heavy (non-hydrogen) atoms. The first-order valence-electron chi connectivity index (χ1n) is 6.56. The molecule has 1 amide bonds. The molecule has 0 saturated heterocycles. The van der Waals surface area contributed by atoms with Crippen molar-refractivity contribution in [1.29, 1.82) is 0 Å². The van der Waals surface area contributed by atoms with Crippen LogP contribution in [0.15, 0.2) is 36.7 Å². The lowest BCUT2D eigenvalue weighted by Gasteiger charge is -2.06. The quantitative estimate of drug-likeness (QED) is 0.780. The summed E-state index contributed by atoms with van der Waals surface area (Å²) in [5.41, 5.74) is 2.46. The van der Waals surface area contributed by atoms with Crippen molar-refractivity contribution >= 4 is 11.6 Å². The summed E-state index contributed by atoms with van der Waals surface area (Å²) in [5, 5.41) is 14.1. The molecule has 0 spiro atoms. The lowest BCUT2D eigenvalue weighted by atomic mass is 10.2. The standard InChI is InChI=1S/C14H13N7O/c1-9-7-16-12(8-15-9)14(22)17-11-5-3-4-10(6-11)13-18-19-20-21(13)2/h3-8H,1-2H3,(H,17,22). The van der Waals surface area contributed by atoms with Gasteiger partial charge < -0.3 is 5.32 Å². The summed E-state index contributed by atoms with van der Waals surface area (Å²) in [6.45, 7) is 1.81. The van der Waals surface area contributed by atoms with Crippen LogP contribution >= 0.6 is 0 Å². The van der Waals surface area contributed by atoms with Crippen molar-refractivity contribution in [3.63, 3.8) is 0 Å². The van der Waals surface area contributed by atoms with Gasteiger partial charge in [0.25, 0.3) is 5.91 Å². The minimum atomic E-state index is -0.319. The van der Waals surface area contributed by atoms with Gasteiger partial charge in [-0.15, -0.1) is 5.10 Å². The maximum absolute atomic E-state index is 12.1. The van der Waals surface area contributed by atoms with Crippen molar-refractivity contribution in [2.24, 2.45) is 7.05 Å². The maximum atomic E-state index is 12.1. The highest BCUT2D eigenvalue weighted by atomic mass is 16.1. The molecule has 2 aromatic heterocycles. The van der Waals surface area contributed by atoms with Crippen LogP contribution in [0.5, 0.6) is 0 Å². The first-order valence-corrected chi connectivity index (χ1v) is 6.56. The Morgan fingerprint density at radius 2 is 2.09 bits per heavy atom. The first kappa shape index (κ1) is 13.8. The van der Waals surface area contributed by atoms with Gasteiger partial charge in [0.15, 0.2) is 5.82 Å². The summed E-state index contributed by atoms with van der Waals surface area (Å²) >= 11 is 0. The van der Waals surface area contributed by atoms with Crippen molar-refractivity contribution in [3.8, 4) is 11.4 Å². The average Bonchev–Trinajstić information content (AvgIpc) is 2.94. The van der Waals surface area contributed by atoms with Crippen LogP contribution in [0.3, 0.4) is 0 Å². The number of benzene rings is 1. The van der Waals surface area contributed by atoms with Gasteiger partial charge in [-0.05, 0) is 29.5 Å². The Bertz CT molecular complexity index is 810. The number of hydrogen-bond donors (Lipinski definition) is 1. The van der Waals surface area contributed by atoms with Gasteiger partial charge >= 0.3 is 0 Å². The number of amides is 1. The van der Waals surface area contributed by atoms with E-state index in [2.05, 4.69) is 30.8 Å². The van der Waals surface area contributed by atoms with E-state index in [0.29, 0.717) is 11.5 Å². The number of nitrogens with zero attached hydrogens (tertiary/aromatic N) is 6. The number of anilines is 1. The van der Waals surface area contributed by atoms with Crippen molar-refractivity contribution < 1.29 is 4.79 Å². The Morgan fingerprint density at radius 1 is 1.23 bits per heavy atom. The number of carbonyl (C=O) groups is 1. The fourth-order valence-electron chi connectivity index (χ4n) is 1.92. The largest absolute Gasteiger partial charge is 0.321 e. The van der Waals surface area contributed by atoms with Gasteiger partial charge in [-0.1, -0.05) is 12.1 Å². The predicted octanol–water partition coefficient (Wildman–Crippen LogP) is 1.23. The molecule has 1 N–H and O–H groups in total. The number of aromatic nitrogens is 6. The molecule has 0 fully saturated rings. The van der Waals surface area contributed by atoms with Gasteiger partial charge in [0.1, 0.15) is 5.69 Å². The zero-order valence-corrected chi connectivity index (χ0v) is 12.1. The highest BCUT2D eigenvalue weighted by molar-refractivity contribution is 6.02. The zero-order valence-electron chi connectivity index (χ0n) is 12.1. The lowest BCUT2D eigenvalue weighted by molar-refractivity contribution is 0.102. The van der Waals surface area contributed by atoms with Crippen LogP contribution in [0.2, 0.25) is 0 Å². The molecular weight excluding hydrogens is 282 g/mol. The van der Waals surface area contributed by atoms with Gasteiger partial charge in [0.2, 0.25) is 0 Å². The molecule has 0 aliphatic rings. The second-order valence-electron chi connectivity index (χ2n) is 4.70. The molecular formula is C14H13N7O. The molecule has 0 aliphatic carbocycles. The van der Waals surface area contributed by atoms with E-state index in [0.717, 1.165) is 11.3 Å². The van der Waals surface area contributed by atoms with Crippen molar-refractivity contribution in [2.45, 2.75) is 6.92 Å². The summed E-state index contributed by atoms with van der Waals surface area (Å²) in [7, 11) is 1.75. The minimum absolute atomic E-state index is 0.260. The topological polar surface area (TPSA) is 98.5 Å². The van der Waals surface area contributed by atoms with Crippen LogP contribution in [0.1, 0.15) is 16.2 Å². The highest BCUT2D eigenvalue weighted by Crippen LogP contribution is 2.19. The fourth-order valence-corrected chi connectivity index (χ4v) is 1.92. The van der Waals surface area contributed by atoms with E-state index < -0.39 is 0 Å². The number of hydrogen-bond acceptors (Lipinski definition) is 6. The Kier molecular flexibility index (Phi) is 3.57. The number of aryl methyl sites for hydroxylation is 2. The second kappa shape index (κ2) is 5.68. The van der Waals surface area contributed by atoms with Crippen molar-refractivity contribution in [2.75, 3.05) is 5.32 Å². The van der Waals surface area contributed by atoms with E-state index in [4.69, 9.17) is 0 Å². The van der Waals surface area contributed by atoms with Gasteiger partial charge in [0.05, 0.1) is 11.9 Å². The molecule has 2 heterocycles. The Balaban J connectivity index is 1.82. The Morgan fingerprint density at radius 3 is 2.77 bits per heavy atom. The summed E-state index contributed by atoms with van der Waals surface area (Å²) in [5.74, 6) is 0.298. The van der Waals surface area contributed by atoms with E-state index in [1.807, 2.05) is 19.1 Å². The maximum Gasteiger partial charge on any atom is 0.275 e. The van der Waals surface area contributed by atoms with E-state index in [9.17, 15) is 4.79 Å². The second-order valence-corrected chi connectivity index (χ2v) is 4.70. The molecule has 0 bridgehead atoms. The Labute approximate surface area is 126 Å². The molecule has 0 radical (unpaired) electrons. The third-order valence-corrected chi connectivity index (χ3v) is 3.01. The lowest BCUT2D eigenvalue weighted by Crippen LogP contribution is -2.14. The third-order valence-electron chi connectivity index (χ3n) is 3.01. The first-order chi connectivity index (χ1) is 10.6. The number of carbonyl (C=O) groups excluding carboxylic acids is 1. The van der Waals surface area contributed by atoms with Crippen molar-refractivity contribution in [3.05, 3.63) is 48.0 Å². The SMILES string of the molecule is Cc1cnc(C(=O)Nc2cccc(-c3nnnn3C)c2)cn1. The van der Waals surface area contributed by atoms with Crippen molar-refractivity contribution in [1.82, 2.24) is 30.2 Å². The molecule has 1 aromatic carbocycles. The fraction of sp³-hybridized carbons (Fsp3) is 0.143. The summed E-state index contributed by atoms with van der Waals surface area (Å²) in [6.07, 6.45) is 3.00. The van der Waals surface area contributed by atoms with Crippen LogP contribution in [0, 0.1) is 6.92 Å². The molecule has 110 valence electrons. The van der Waals surface area contributed by atoms with Crippen LogP contribution in [-0.2, 0) is 7.05 Å². The number of tetrazole rings is 1. The molecule has 3 rings (SSSR count). The van der Waals surface area contributed by atoms with Gasteiger partial charge in [0, 0.05) is 24.5 Å². The van der Waals surface area contributed by atoms with E-state index in [1.165, 1.54) is 6.20 Å². The summed E-state index contributed by atoms with van der Waals surface area (Å²) < 4.78 is 1.56. The van der Waals surface area contributed by atoms with Gasteiger partial charge in [-0.2, -0.15) is 0 Å². The van der Waals surface area contributed by atoms with Gasteiger partial charge in [-0.3, -0.25) is 9.78 Å². The average molecular weight is 295 g/mol. The van der Waals surface area contributed by atoms with Gasteiger partial charge in [-0.25, -0.2) is 9.67 Å². The molecule has 8 nitrogen and oxygen atoms in total. The highest BCUT2D eigenvalue weighted by Gasteiger charge is 2.10. The summed E-state index contributed by atoms with van der Waals surface area (Å²) in [4.78, 5) is 20.2. The number of nitrogens with one attached hydrogen (secondary N) is 1. The smallest absolute Gasteiger partial charge is 0.275 e. The summed E-state index contributed by atoms with van der Waals surface area (Å²) in [6, 6.07) is 7.27. The van der Waals surface area contributed by atoms with Crippen LogP contribution in [0.25, 0.3) is 11.4 Å². The van der Waals surface area contributed by atoms with Crippen LogP contribution < -0.4 is 5.32 Å². The molecule has 0 saturated carbocycles. The van der Waals surface area contributed by atoms with Crippen LogP contribution in [0.4, 0.5) is 5.69 Å². The molecule has 0 aliphatic heterocycles. The molecule has 3 aromatic rings. The van der Waals surface area contributed by atoms with E-state index in [-0.39, 0.29) is 11.6 Å². The number of rotatable bonds is 3. The normalized spacial score (nSPS) is 10.5. The molecule has 8 heteroatoms. The predicted molar refractivity (Wildman–Crippen MR) is 79.0 cm³/mol. The minimum Gasteiger partial charge on any atom is -0.321 e. The molecule has 0 unspecified atom stereocenters. The third kappa shape index (κ3) is 2.80. The molecule has 0 atom stereocenters.